The topological polar surface area (TPSA) is 37.4 Å². The van der Waals surface area contributed by atoms with Crippen molar-refractivity contribution in [3.05, 3.63) is 29.8 Å². The molecule has 4 heteroatoms. The van der Waals surface area contributed by atoms with Gasteiger partial charge in [-0.25, -0.2) is 8.42 Å². The Balaban J connectivity index is 2.35. The van der Waals surface area contributed by atoms with Crippen LogP contribution >= 0.6 is 0 Å². The van der Waals surface area contributed by atoms with E-state index in [9.17, 15) is 8.42 Å². The summed E-state index contributed by atoms with van der Waals surface area (Å²) >= 11 is 0. The first-order valence-electron chi connectivity index (χ1n) is 7.48. The molecule has 0 bridgehead atoms. The monoisotopic (exact) mass is 295 g/mol. The van der Waals surface area contributed by atoms with Crippen molar-refractivity contribution in [1.29, 1.82) is 0 Å². The van der Waals surface area contributed by atoms with E-state index in [1.165, 1.54) is 0 Å². The van der Waals surface area contributed by atoms with Gasteiger partial charge in [0.05, 0.1) is 4.90 Å². The van der Waals surface area contributed by atoms with Crippen LogP contribution in [-0.2, 0) is 15.4 Å². The van der Waals surface area contributed by atoms with Crippen LogP contribution in [0.15, 0.2) is 29.2 Å². The van der Waals surface area contributed by atoms with Crippen LogP contribution in [0.25, 0.3) is 0 Å². The highest BCUT2D eigenvalue weighted by Crippen LogP contribution is 2.29. The summed E-state index contributed by atoms with van der Waals surface area (Å²) in [6.07, 6.45) is 4.06. The molecular formula is C16H25NO2S. The van der Waals surface area contributed by atoms with Crippen molar-refractivity contribution in [2.24, 2.45) is 0 Å². The average Bonchev–Trinajstić information content (AvgIpc) is 2.48. The number of nitrogens with zero attached hydrogens (tertiary/aromatic N) is 1. The van der Waals surface area contributed by atoms with Gasteiger partial charge in [-0.05, 0) is 42.4 Å². The summed E-state index contributed by atoms with van der Waals surface area (Å²) in [5, 5.41) is 0. The Morgan fingerprint density at radius 2 is 1.80 bits per heavy atom. The Morgan fingerprint density at radius 1 is 1.15 bits per heavy atom. The molecule has 0 aliphatic carbocycles. The quantitative estimate of drug-likeness (QED) is 0.852. The lowest BCUT2D eigenvalue weighted by Gasteiger charge is -2.27. The average molecular weight is 295 g/mol. The first-order valence-corrected chi connectivity index (χ1v) is 8.92. The van der Waals surface area contributed by atoms with Crippen LogP contribution in [0.4, 0.5) is 0 Å². The van der Waals surface area contributed by atoms with Crippen molar-refractivity contribution < 1.29 is 8.42 Å². The molecule has 1 aromatic carbocycles. The van der Waals surface area contributed by atoms with Gasteiger partial charge in [0.15, 0.2) is 0 Å². The predicted molar refractivity (Wildman–Crippen MR) is 82.4 cm³/mol. The lowest BCUT2D eigenvalue weighted by molar-refractivity contribution is 0.346. The molecule has 3 nitrogen and oxygen atoms in total. The van der Waals surface area contributed by atoms with Gasteiger partial charge in [-0.3, -0.25) is 0 Å². The molecule has 1 heterocycles. The fourth-order valence-electron chi connectivity index (χ4n) is 2.54. The highest BCUT2D eigenvalue weighted by Gasteiger charge is 2.27. The highest BCUT2D eigenvalue weighted by molar-refractivity contribution is 7.89. The third-order valence-electron chi connectivity index (χ3n) is 4.45. The van der Waals surface area contributed by atoms with Gasteiger partial charge in [0, 0.05) is 13.1 Å². The van der Waals surface area contributed by atoms with Crippen molar-refractivity contribution in [2.75, 3.05) is 13.1 Å². The van der Waals surface area contributed by atoms with Crippen LogP contribution in [0.1, 0.15) is 52.0 Å². The molecule has 20 heavy (non-hydrogen) atoms. The maximum Gasteiger partial charge on any atom is 0.243 e. The van der Waals surface area contributed by atoms with Gasteiger partial charge in [0.25, 0.3) is 0 Å². The van der Waals surface area contributed by atoms with Gasteiger partial charge in [0.2, 0.25) is 10.0 Å². The van der Waals surface area contributed by atoms with Gasteiger partial charge in [-0.15, -0.1) is 0 Å². The van der Waals surface area contributed by atoms with Crippen molar-refractivity contribution >= 4 is 10.0 Å². The van der Waals surface area contributed by atoms with E-state index in [0.29, 0.717) is 18.0 Å². The maximum atomic E-state index is 12.7. The molecule has 0 atom stereocenters. The standard InChI is InChI=1S/C16H25NO2S/c1-4-16(2,3)14-9-8-10-15(13-14)20(18,19)17-11-6-5-7-12-17/h8-10,13H,4-7,11-12H2,1-3H3. The van der Waals surface area contributed by atoms with Gasteiger partial charge in [-0.1, -0.05) is 39.3 Å². The summed E-state index contributed by atoms with van der Waals surface area (Å²) in [5.74, 6) is 0. The normalized spacial score (nSPS) is 18.1. The number of rotatable bonds is 4. The molecule has 0 radical (unpaired) electrons. The van der Waals surface area contributed by atoms with Crippen molar-refractivity contribution in [2.45, 2.75) is 56.8 Å². The Hall–Kier alpha value is -0.870. The van der Waals surface area contributed by atoms with Crippen LogP contribution < -0.4 is 0 Å². The second kappa shape index (κ2) is 5.86. The first-order chi connectivity index (χ1) is 9.38. The molecule has 0 aromatic heterocycles. The molecule has 1 aliphatic heterocycles. The second-order valence-corrected chi connectivity index (χ2v) is 8.17. The van der Waals surface area contributed by atoms with E-state index in [4.69, 9.17) is 0 Å². The molecule has 0 N–H and O–H groups in total. The van der Waals surface area contributed by atoms with Crippen LogP contribution in [0.2, 0.25) is 0 Å². The number of sulfonamides is 1. The molecule has 1 fully saturated rings. The Morgan fingerprint density at radius 3 is 2.40 bits per heavy atom. The minimum Gasteiger partial charge on any atom is -0.207 e. The summed E-state index contributed by atoms with van der Waals surface area (Å²) in [6, 6.07) is 7.47. The van der Waals surface area contributed by atoms with E-state index >= 15 is 0 Å². The number of hydrogen-bond acceptors (Lipinski definition) is 2. The van der Waals surface area contributed by atoms with Crippen LogP contribution in [0.3, 0.4) is 0 Å². The summed E-state index contributed by atoms with van der Waals surface area (Å²) in [5.41, 5.74) is 1.10. The summed E-state index contributed by atoms with van der Waals surface area (Å²) in [6.45, 7) is 7.75. The number of benzene rings is 1. The SMILES string of the molecule is CCC(C)(C)c1cccc(S(=O)(=O)N2CCCCC2)c1. The third-order valence-corrected chi connectivity index (χ3v) is 6.35. The number of piperidine rings is 1. The van der Waals surface area contributed by atoms with Gasteiger partial charge < -0.3 is 0 Å². The van der Waals surface area contributed by atoms with E-state index in [-0.39, 0.29) is 5.41 Å². The van der Waals surface area contributed by atoms with E-state index in [2.05, 4.69) is 20.8 Å². The molecule has 1 aliphatic rings. The molecule has 0 saturated carbocycles. The Kier molecular flexibility index (Phi) is 4.55. The minimum absolute atomic E-state index is 0.00737. The largest absolute Gasteiger partial charge is 0.243 e. The van der Waals surface area contributed by atoms with Crippen LogP contribution in [0.5, 0.6) is 0 Å². The van der Waals surface area contributed by atoms with E-state index in [1.54, 1.807) is 10.4 Å². The van der Waals surface area contributed by atoms with Crippen molar-refractivity contribution in [1.82, 2.24) is 4.31 Å². The predicted octanol–water partition coefficient (Wildman–Crippen LogP) is 3.55. The summed E-state index contributed by atoms with van der Waals surface area (Å²) in [7, 11) is -3.32. The summed E-state index contributed by atoms with van der Waals surface area (Å²) < 4.78 is 27.0. The van der Waals surface area contributed by atoms with Gasteiger partial charge in [0.1, 0.15) is 0 Å². The zero-order valence-electron chi connectivity index (χ0n) is 12.7. The minimum atomic E-state index is -3.32. The molecule has 112 valence electrons. The molecule has 1 aromatic rings. The fourth-order valence-corrected chi connectivity index (χ4v) is 4.10. The third kappa shape index (κ3) is 3.07. The zero-order valence-corrected chi connectivity index (χ0v) is 13.5. The lowest BCUT2D eigenvalue weighted by atomic mass is 9.82. The van der Waals surface area contributed by atoms with E-state index in [1.807, 2.05) is 18.2 Å². The first kappa shape index (κ1) is 15.5. The zero-order chi connectivity index (χ0) is 14.8. The van der Waals surface area contributed by atoms with E-state index < -0.39 is 10.0 Å². The number of hydrogen-bond donors (Lipinski definition) is 0. The second-order valence-electron chi connectivity index (χ2n) is 6.23. The van der Waals surface area contributed by atoms with Gasteiger partial charge in [-0.2, -0.15) is 4.31 Å². The molecular weight excluding hydrogens is 270 g/mol. The highest BCUT2D eigenvalue weighted by atomic mass is 32.2. The van der Waals surface area contributed by atoms with Gasteiger partial charge >= 0.3 is 0 Å². The molecule has 0 amide bonds. The molecule has 1 saturated heterocycles. The smallest absolute Gasteiger partial charge is 0.207 e. The fraction of sp³-hybridized carbons (Fsp3) is 0.625. The molecule has 0 unspecified atom stereocenters. The van der Waals surface area contributed by atoms with Crippen LogP contribution in [-0.4, -0.2) is 25.8 Å². The Labute approximate surface area is 123 Å². The molecule has 2 rings (SSSR count). The van der Waals surface area contributed by atoms with Crippen molar-refractivity contribution in [3.63, 3.8) is 0 Å². The summed E-state index contributed by atoms with van der Waals surface area (Å²) in [4.78, 5) is 0.443. The van der Waals surface area contributed by atoms with Crippen LogP contribution in [0, 0.1) is 0 Å². The molecule has 0 spiro atoms. The lowest BCUT2D eigenvalue weighted by Crippen LogP contribution is -2.35. The van der Waals surface area contributed by atoms with E-state index in [0.717, 1.165) is 31.2 Å². The maximum absolute atomic E-state index is 12.7. The Bertz CT molecular complexity index is 558. The van der Waals surface area contributed by atoms with Crippen molar-refractivity contribution in [3.8, 4) is 0 Å².